The van der Waals surface area contributed by atoms with Crippen molar-refractivity contribution in [2.24, 2.45) is 0 Å². The molecule has 0 radical (unpaired) electrons. The van der Waals surface area contributed by atoms with Crippen LogP contribution in [0.2, 0.25) is 0 Å². The Labute approximate surface area is 87.8 Å². The summed E-state index contributed by atoms with van der Waals surface area (Å²) in [6.07, 6.45) is 1.38. The number of rotatable bonds is 6. The minimum absolute atomic E-state index is 0.0847. The number of carboxylic acid groups (broad SMARTS) is 1. The van der Waals surface area contributed by atoms with E-state index in [1.165, 1.54) is 13.1 Å². The van der Waals surface area contributed by atoms with Crippen molar-refractivity contribution >= 4 is 19.7 Å². The molecule has 0 bridgehead atoms. The van der Waals surface area contributed by atoms with Crippen LogP contribution in [-0.4, -0.2) is 41.1 Å². The van der Waals surface area contributed by atoms with Gasteiger partial charge >= 0.3 is 5.97 Å². The fraction of sp³-hybridized carbons (Fsp3) is 0.500. The Morgan fingerprint density at radius 1 is 1.53 bits per heavy atom. The Morgan fingerprint density at radius 2 is 2.13 bits per heavy atom. The van der Waals surface area contributed by atoms with Crippen molar-refractivity contribution in [2.45, 2.75) is 12.1 Å². The molecule has 0 aromatic carbocycles. The molecule has 0 aliphatic heterocycles. The summed E-state index contributed by atoms with van der Waals surface area (Å²) in [5.41, 5.74) is -0.712. The van der Waals surface area contributed by atoms with Crippen LogP contribution >= 0.6 is 7.80 Å². The summed E-state index contributed by atoms with van der Waals surface area (Å²) in [4.78, 5) is 21.2. The lowest BCUT2D eigenvalue weighted by molar-refractivity contribution is -0.131. The molecular weight excluding hydrogens is 221 g/mol. The number of aliphatic carboxylic acids is 1. The molecule has 0 saturated heterocycles. The standard InChI is InChI=1S/C8H14NO5P/c1-9-7(11)4-6(15(14)5-10)2-3-8(12)13/h2-3,6,10,15H,4-5H2,1H3,(H,9,11)(H,12,13). The van der Waals surface area contributed by atoms with E-state index in [4.69, 9.17) is 10.2 Å². The number of hydrogen-bond donors (Lipinski definition) is 3. The van der Waals surface area contributed by atoms with E-state index in [1.54, 1.807) is 0 Å². The molecule has 0 rings (SSSR count). The molecular formula is C8H14NO5P. The Bertz CT molecular complexity index is 289. The number of hydrogen-bond acceptors (Lipinski definition) is 4. The third kappa shape index (κ3) is 6.04. The Balaban J connectivity index is 4.51. The second kappa shape index (κ2) is 7.20. The van der Waals surface area contributed by atoms with Crippen molar-refractivity contribution in [1.29, 1.82) is 0 Å². The highest BCUT2D eigenvalue weighted by Gasteiger charge is 2.16. The van der Waals surface area contributed by atoms with Gasteiger partial charge in [0.05, 0.1) is 6.35 Å². The third-order valence-electron chi connectivity index (χ3n) is 1.72. The first-order valence-corrected chi connectivity index (χ1v) is 5.95. The molecule has 0 aromatic rings. The highest BCUT2D eigenvalue weighted by atomic mass is 31.1. The number of amides is 1. The van der Waals surface area contributed by atoms with Gasteiger partial charge in [-0.1, -0.05) is 6.08 Å². The number of carbonyl (C=O) groups is 2. The third-order valence-corrected chi connectivity index (χ3v) is 3.26. The monoisotopic (exact) mass is 235 g/mol. The number of aliphatic hydroxyl groups excluding tert-OH is 1. The normalized spacial score (nSPS) is 14.8. The molecule has 86 valence electrons. The van der Waals surface area contributed by atoms with Gasteiger partial charge in [-0.05, 0) is 0 Å². The van der Waals surface area contributed by atoms with Gasteiger partial charge in [-0.15, -0.1) is 0 Å². The van der Waals surface area contributed by atoms with Crippen LogP contribution < -0.4 is 5.32 Å². The highest BCUT2D eigenvalue weighted by molar-refractivity contribution is 7.45. The van der Waals surface area contributed by atoms with E-state index in [9.17, 15) is 14.2 Å². The fourth-order valence-corrected chi connectivity index (χ4v) is 1.87. The number of aliphatic hydroxyl groups is 1. The quantitative estimate of drug-likeness (QED) is 0.431. The summed E-state index contributed by atoms with van der Waals surface area (Å²) >= 11 is 0. The lowest BCUT2D eigenvalue weighted by Gasteiger charge is -2.09. The van der Waals surface area contributed by atoms with Crippen molar-refractivity contribution in [1.82, 2.24) is 5.32 Å². The van der Waals surface area contributed by atoms with E-state index in [2.05, 4.69) is 5.32 Å². The molecule has 7 heteroatoms. The molecule has 2 unspecified atom stereocenters. The number of carbonyl (C=O) groups excluding carboxylic acids is 1. The zero-order valence-corrected chi connectivity index (χ0v) is 9.27. The van der Waals surface area contributed by atoms with Gasteiger partial charge in [0.2, 0.25) is 5.91 Å². The largest absolute Gasteiger partial charge is 0.478 e. The lowest BCUT2D eigenvalue weighted by atomic mass is 10.2. The molecule has 0 fully saturated rings. The smallest absolute Gasteiger partial charge is 0.328 e. The summed E-state index contributed by atoms with van der Waals surface area (Å²) in [7, 11) is -0.946. The first kappa shape index (κ1) is 13.9. The second-order valence-electron chi connectivity index (χ2n) is 2.81. The Hall–Kier alpha value is -1.13. The molecule has 0 spiro atoms. The number of allylic oxidation sites excluding steroid dienone is 1. The van der Waals surface area contributed by atoms with Gasteiger partial charge in [-0.2, -0.15) is 0 Å². The van der Waals surface area contributed by atoms with E-state index in [1.807, 2.05) is 0 Å². The maximum absolute atomic E-state index is 11.3. The van der Waals surface area contributed by atoms with Crippen LogP contribution in [0, 0.1) is 0 Å². The van der Waals surface area contributed by atoms with Crippen LogP contribution in [0.25, 0.3) is 0 Å². The van der Waals surface area contributed by atoms with Crippen molar-refractivity contribution in [3.63, 3.8) is 0 Å². The minimum atomic E-state index is -2.37. The van der Waals surface area contributed by atoms with E-state index >= 15 is 0 Å². The van der Waals surface area contributed by atoms with Crippen LogP contribution in [0.4, 0.5) is 0 Å². The number of carboxylic acids is 1. The Morgan fingerprint density at radius 3 is 2.53 bits per heavy atom. The average molecular weight is 235 g/mol. The van der Waals surface area contributed by atoms with Gasteiger partial charge in [0.15, 0.2) is 0 Å². The Kier molecular flexibility index (Phi) is 6.66. The van der Waals surface area contributed by atoms with Gasteiger partial charge in [-0.25, -0.2) is 4.79 Å². The molecule has 2 atom stereocenters. The van der Waals surface area contributed by atoms with Crippen molar-refractivity contribution in [3.05, 3.63) is 12.2 Å². The summed E-state index contributed by atoms with van der Waals surface area (Å²) in [5.74, 6) is -1.52. The first-order chi connectivity index (χ1) is 7.01. The van der Waals surface area contributed by atoms with Gasteiger partial charge < -0.3 is 20.1 Å². The molecule has 6 nitrogen and oxygen atoms in total. The molecule has 0 aliphatic carbocycles. The topological polar surface area (TPSA) is 104 Å². The SMILES string of the molecule is CNC(=O)CC(C=CC(=O)O)[PH](=O)CO. The molecule has 0 saturated carbocycles. The first-order valence-electron chi connectivity index (χ1n) is 4.26. The van der Waals surface area contributed by atoms with Gasteiger partial charge in [-0.3, -0.25) is 4.79 Å². The molecule has 0 aliphatic rings. The van der Waals surface area contributed by atoms with E-state index in [0.29, 0.717) is 0 Å². The van der Waals surface area contributed by atoms with E-state index in [-0.39, 0.29) is 12.3 Å². The van der Waals surface area contributed by atoms with E-state index < -0.39 is 25.8 Å². The van der Waals surface area contributed by atoms with Crippen LogP contribution in [0.1, 0.15) is 6.42 Å². The van der Waals surface area contributed by atoms with Crippen molar-refractivity contribution in [2.75, 3.05) is 13.4 Å². The zero-order valence-electron chi connectivity index (χ0n) is 8.27. The lowest BCUT2D eigenvalue weighted by Crippen LogP contribution is -2.22. The maximum Gasteiger partial charge on any atom is 0.328 e. The highest BCUT2D eigenvalue weighted by Crippen LogP contribution is 2.30. The summed E-state index contributed by atoms with van der Waals surface area (Å²) in [5, 5.41) is 19.4. The zero-order chi connectivity index (χ0) is 11.8. The summed E-state index contributed by atoms with van der Waals surface area (Å²) in [6, 6.07) is 0. The minimum Gasteiger partial charge on any atom is -0.478 e. The predicted molar refractivity (Wildman–Crippen MR) is 55.3 cm³/mol. The summed E-state index contributed by atoms with van der Waals surface area (Å²) in [6.45, 7) is 0. The maximum atomic E-state index is 11.3. The molecule has 3 N–H and O–H groups in total. The molecule has 0 heterocycles. The number of nitrogens with one attached hydrogen (secondary N) is 1. The van der Waals surface area contributed by atoms with Crippen LogP contribution in [0.15, 0.2) is 12.2 Å². The predicted octanol–water partition coefficient (Wildman–Crippen LogP) is -0.359. The van der Waals surface area contributed by atoms with Gasteiger partial charge in [0.25, 0.3) is 0 Å². The fourth-order valence-electron chi connectivity index (χ4n) is 0.907. The van der Waals surface area contributed by atoms with Crippen LogP contribution in [-0.2, 0) is 14.2 Å². The molecule has 15 heavy (non-hydrogen) atoms. The van der Waals surface area contributed by atoms with E-state index in [0.717, 1.165) is 6.08 Å². The summed E-state index contributed by atoms with van der Waals surface area (Å²) < 4.78 is 11.3. The van der Waals surface area contributed by atoms with Gasteiger partial charge in [0, 0.05) is 25.2 Å². The van der Waals surface area contributed by atoms with Crippen LogP contribution in [0.5, 0.6) is 0 Å². The average Bonchev–Trinajstić information content (AvgIpc) is 2.22. The molecule has 0 aromatic heterocycles. The van der Waals surface area contributed by atoms with Crippen molar-refractivity contribution < 1.29 is 24.4 Å². The van der Waals surface area contributed by atoms with Crippen molar-refractivity contribution in [3.8, 4) is 0 Å². The van der Waals surface area contributed by atoms with Gasteiger partial charge in [0.1, 0.15) is 7.80 Å². The second-order valence-corrected chi connectivity index (χ2v) is 4.80. The van der Waals surface area contributed by atoms with Crippen LogP contribution in [0.3, 0.4) is 0 Å². The molecule has 1 amide bonds.